The second-order valence-corrected chi connectivity index (χ2v) is 7.71. The lowest BCUT2D eigenvalue weighted by atomic mass is 10.2. The topological polar surface area (TPSA) is 49.4 Å². The summed E-state index contributed by atoms with van der Waals surface area (Å²) >= 11 is 14.4. The number of anilines is 2. The van der Waals surface area contributed by atoms with Gasteiger partial charge in [0, 0.05) is 14.3 Å². The van der Waals surface area contributed by atoms with Crippen molar-refractivity contribution in [2.24, 2.45) is 0 Å². The van der Waals surface area contributed by atoms with Crippen molar-refractivity contribution in [3.8, 4) is 0 Å². The number of carbonyl (C=O) groups excluding carboxylic acids is 2. The minimum atomic E-state index is -0.543. The molecule has 0 aromatic heterocycles. The largest absolute Gasteiger partial charge is 0.349 e. The zero-order chi connectivity index (χ0) is 18.3. The third-order valence-corrected chi connectivity index (χ3v) is 5.14. The molecular weight excluding hydrogens is 474 g/mol. The Balaban J connectivity index is 1.98. The molecule has 7 heteroatoms. The number of nitrogens with zero attached hydrogens (tertiary/aromatic N) is 1. The maximum absolute atomic E-state index is 12.8. The van der Waals surface area contributed by atoms with Gasteiger partial charge in [-0.2, -0.15) is 0 Å². The van der Waals surface area contributed by atoms with Crippen molar-refractivity contribution in [1.82, 2.24) is 0 Å². The molecule has 1 N–H and O–H groups in total. The molecule has 0 aliphatic carbocycles. The Labute approximate surface area is 168 Å². The Morgan fingerprint density at radius 2 is 1.68 bits per heavy atom. The van der Waals surface area contributed by atoms with E-state index in [1.54, 1.807) is 18.2 Å². The average molecular weight is 487 g/mol. The number of halogens is 3. The fourth-order valence-corrected chi connectivity index (χ4v) is 3.60. The second kappa shape index (κ2) is 6.97. The van der Waals surface area contributed by atoms with Crippen molar-refractivity contribution in [2.45, 2.75) is 13.8 Å². The highest BCUT2D eigenvalue weighted by atomic mass is 127. The van der Waals surface area contributed by atoms with Crippen LogP contribution in [0.2, 0.25) is 5.02 Å². The van der Waals surface area contributed by atoms with E-state index in [-0.39, 0.29) is 10.7 Å². The van der Waals surface area contributed by atoms with E-state index in [0.717, 1.165) is 19.6 Å². The van der Waals surface area contributed by atoms with Crippen molar-refractivity contribution in [1.29, 1.82) is 0 Å². The van der Waals surface area contributed by atoms with E-state index >= 15 is 0 Å². The van der Waals surface area contributed by atoms with Crippen LogP contribution in [-0.4, -0.2) is 11.8 Å². The van der Waals surface area contributed by atoms with E-state index in [9.17, 15) is 9.59 Å². The number of benzene rings is 2. The molecule has 3 rings (SSSR count). The van der Waals surface area contributed by atoms with Crippen LogP contribution in [0.3, 0.4) is 0 Å². The van der Waals surface area contributed by atoms with E-state index < -0.39 is 11.8 Å². The number of rotatable bonds is 3. The van der Waals surface area contributed by atoms with Crippen LogP contribution in [0.5, 0.6) is 0 Å². The normalized spacial score (nSPS) is 14.5. The van der Waals surface area contributed by atoms with Gasteiger partial charge in [-0.1, -0.05) is 29.3 Å². The molecule has 4 nitrogen and oxygen atoms in total. The van der Waals surface area contributed by atoms with Gasteiger partial charge in [-0.05, 0) is 77.9 Å². The summed E-state index contributed by atoms with van der Waals surface area (Å²) in [4.78, 5) is 26.5. The number of amides is 2. The molecule has 1 aliphatic heterocycles. The number of hydrogen-bond donors (Lipinski definition) is 1. The number of imide groups is 1. The maximum Gasteiger partial charge on any atom is 0.283 e. The SMILES string of the molecule is Cc1ccc(Cl)cc1NC1=C(Cl)C(=O)N(c2ccc(I)cc2C)C1=O. The van der Waals surface area contributed by atoms with Crippen LogP contribution in [-0.2, 0) is 9.59 Å². The second-order valence-electron chi connectivity index (χ2n) is 5.65. The molecule has 1 aliphatic rings. The summed E-state index contributed by atoms with van der Waals surface area (Å²) in [7, 11) is 0. The van der Waals surface area contributed by atoms with Gasteiger partial charge in [0.25, 0.3) is 11.8 Å². The molecule has 2 amide bonds. The smallest absolute Gasteiger partial charge is 0.283 e. The zero-order valence-corrected chi connectivity index (χ0v) is 17.0. The van der Waals surface area contributed by atoms with Gasteiger partial charge in [-0.3, -0.25) is 9.59 Å². The number of hydrogen-bond acceptors (Lipinski definition) is 3. The monoisotopic (exact) mass is 486 g/mol. The fourth-order valence-electron chi connectivity index (χ4n) is 2.56. The summed E-state index contributed by atoms with van der Waals surface area (Å²) in [5, 5.41) is 3.34. The summed E-state index contributed by atoms with van der Waals surface area (Å²) in [5.41, 5.74) is 2.90. The van der Waals surface area contributed by atoms with E-state index in [1.807, 2.05) is 32.0 Å². The first-order valence-electron chi connectivity index (χ1n) is 7.37. The van der Waals surface area contributed by atoms with Gasteiger partial charge in [0.05, 0.1) is 5.69 Å². The molecule has 0 fully saturated rings. The van der Waals surface area contributed by atoms with Gasteiger partial charge in [0.2, 0.25) is 0 Å². The predicted molar refractivity (Wildman–Crippen MR) is 109 cm³/mol. The van der Waals surface area contributed by atoms with Crippen molar-refractivity contribution in [3.63, 3.8) is 0 Å². The molecule has 0 saturated carbocycles. The Bertz CT molecular complexity index is 941. The molecule has 0 saturated heterocycles. The summed E-state index contributed by atoms with van der Waals surface area (Å²) in [6.07, 6.45) is 0. The van der Waals surface area contributed by atoms with Crippen LogP contribution in [0, 0.1) is 17.4 Å². The third kappa shape index (κ3) is 3.41. The Morgan fingerprint density at radius 1 is 0.960 bits per heavy atom. The molecule has 128 valence electrons. The first kappa shape index (κ1) is 18.2. The van der Waals surface area contributed by atoms with E-state index in [1.165, 1.54) is 0 Å². The molecule has 0 spiro atoms. The first-order chi connectivity index (χ1) is 11.8. The van der Waals surface area contributed by atoms with Gasteiger partial charge >= 0.3 is 0 Å². The Hall–Kier alpha value is -1.57. The minimum absolute atomic E-state index is 0.0509. The highest BCUT2D eigenvalue weighted by Crippen LogP contribution is 2.33. The predicted octanol–water partition coefficient (Wildman–Crippen LogP) is 5.00. The zero-order valence-electron chi connectivity index (χ0n) is 13.4. The average Bonchev–Trinajstić information content (AvgIpc) is 2.75. The van der Waals surface area contributed by atoms with Crippen LogP contribution in [0.4, 0.5) is 11.4 Å². The summed E-state index contributed by atoms with van der Waals surface area (Å²) in [6.45, 7) is 3.72. The molecular formula is C18H13Cl2IN2O2. The van der Waals surface area contributed by atoms with Gasteiger partial charge in [-0.15, -0.1) is 0 Å². The van der Waals surface area contributed by atoms with Gasteiger partial charge in [0.1, 0.15) is 10.7 Å². The van der Waals surface area contributed by atoms with Gasteiger partial charge in [0.15, 0.2) is 0 Å². The molecule has 2 aromatic rings. The molecule has 0 atom stereocenters. The molecule has 0 unspecified atom stereocenters. The van der Waals surface area contributed by atoms with Crippen molar-refractivity contribution < 1.29 is 9.59 Å². The Morgan fingerprint density at radius 3 is 2.36 bits per heavy atom. The lowest BCUT2D eigenvalue weighted by molar-refractivity contribution is -0.120. The maximum atomic E-state index is 12.8. The summed E-state index contributed by atoms with van der Waals surface area (Å²) in [5.74, 6) is -1.03. The highest BCUT2D eigenvalue weighted by molar-refractivity contribution is 14.1. The molecule has 0 bridgehead atoms. The van der Waals surface area contributed by atoms with Crippen LogP contribution >= 0.6 is 45.8 Å². The molecule has 25 heavy (non-hydrogen) atoms. The van der Waals surface area contributed by atoms with Crippen molar-refractivity contribution >= 4 is 69.0 Å². The van der Waals surface area contributed by atoms with Crippen molar-refractivity contribution in [3.05, 3.63) is 66.8 Å². The lowest BCUT2D eigenvalue weighted by Crippen LogP contribution is -2.32. The third-order valence-electron chi connectivity index (χ3n) is 3.89. The molecule has 1 heterocycles. The molecule has 2 aromatic carbocycles. The van der Waals surface area contributed by atoms with Crippen LogP contribution in [0.15, 0.2) is 47.1 Å². The quantitative estimate of drug-likeness (QED) is 0.490. The van der Waals surface area contributed by atoms with Crippen LogP contribution in [0.25, 0.3) is 0 Å². The van der Waals surface area contributed by atoms with Gasteiger partial charge < -0.3 is 5.32 Å². The standard InChI is InChI=1S/C18H13Cl2IN2O2/c1-9-3-4-11(19)8-13(9)22-16-15(20)17(24)23(18(16)25)14-6-5-12(21)7-10(14)2/h3-8,22H,1-2H3. The van der Waals surface area contributed by atoms with Crippen LogP contribution in [0.1, 0.15) is 11.1 Å². The van der Waals surface area contributed by atoms with E-state index in [2.05, 4.69) is 27.9 Å². The highest BCUT2D eigenvalue weighted by Gasteiger charge is 2.39. The summed E-state index contributed by atoms with van der Waals surface area (Å²) < 4.78 is 1.02. The van der Waals surface area contributed by atoms with Crippen LogP contribution < -0.4 is 10.2 Å². The fraction of sp³-hybridized carbons (Fsp3) is 0.111. The van der Waals surface area contributed by atoms with E-state index in [0.29, 0.717) is 16.4 Å². The van der Waals surface area contributed by atoms with E-state index in [4.69, 9.17) is 23.2 Å². The summed E-state index contributed by atoms with van der Waals surface area (Å²) in [6, 6.07) is 10.7. The lowest BCUT2D eigenvalue weighted by Gasteiger charge is -2.18. The van der Waals surface area contributed by atoms with Crippen molar-refractivity contribution in [2.75, 3.05) is 10.2 Å². The number of nitrogens with one attached hydrogen (secondary N) is 1. The minimum Gasteiger partial charge on any atom is -0.349 e. The Kier molecular flexibility index (Phi) is 5.09. The van der Waals surface area contributed by atoms with Gasteiger partial charge in [-0.25, -0.2) is 4.90 Å². The number of carbonyl (C=O) groups is 2. The number of aryl methyl sites for hydroxylation is 2. The first-order valence-corrected chi connectivity index (χ1v) is 9.21. The molecule has 0 radical (unpaired) electrons.